The summed E-state index contributed by atoms with van der Waals surface area (Å²) in [5.74, 6) is -4.95. The molecule has 0 heterocycles. The minimum atomic E-state index is -5.66. The van der Waals surface area contributed by atoms with Crippen LogP contribution in [0.5, 0.6) is 0 Å². The van der Waals surface area contributed by atoms with E-state index in [-0.39, 0.29) is 5.56 Å². The van der Waals surface area contributed by atoms with Crippen molar-refractivity contribution in [3.63, 3.8) is 0 Å². The minimum Gasteiger partial charge on any atom is -0.372 e. The van der Waals surface area contributed by atoms with E-state index in [9.17, 15) is 22.0 Å². The average Bonchev–Trinajstić information content (AvgIpc) is 2.39. The van der Waals surface area contributed by atoms with Gasteiger partial charge in [0.05, 0.1) is 0 Å². The SMILES string of the molecule is CCN(CC)c1ccc([C@@H](N)C(F)(F)C(F)(F)F)cc1. The predicted octanol–water partition coefficient (Wildman–Crippen LogP) is 3.73. The van der Waals surface area contributed by atoms with E-state index >= 15 is 0 Å². The Labute approximate surface area is 114 Å². The van der Waals surface area contributed by atoms with E-state index < -0.39 is 18.1 Å². The molecule has 114 valence electrons. The first-order chi connectivity index (χ1) is 9.15. The molecule has 0 amide bonds. The second-order valence-corrected chi connectivity index (χ2v) is 4.36. The highest BCUT2D eigenvalue weighted by Gasteiger charge is 2.61. The van der Waals surface area contributed by atoms with E-state index in [1.165, 1.54) is 24.3 Å². The van der Waals surface area contributed by atoms with E-state index in [2.05, 4.69) is 0 Å². The first kappa shape index (κ1) is 16.7. The second-order valence-electron chi connectivity index (χ2n) is 4.36. The van der Waals surface area contributed by atoms with Gasteiger partial charge in [-0.2, -0.15) is 22.0 Å². The van der Waals surface area contributed by atoms with Gasteiger partial charge in [0.15, 0.2) is 0 Å². The Kier molecular flexibility index (Phi) is 4.96. The summed E-state index contributed by atoms with van der Waals surface area (Å²) < 4.78 is 63.0. The number of alkyl halides is 5. The summed E-state index contributed by atoms with van der Waals surface area (Å²) in [7, 11) is 0. The number of hydrogen-bond donors (Lipinski definition) is 1. The number of hydrogen-bond acceptors (Lipinski definition) is 2. The summed E-state index contributed by atoms with van der Waals surface area (Å²) in [6.07, 6.45) is -5.66. The van der Waals surface area contributed by atoms with E-state index in [1.54, 1.807) is 0 Å². The number of nitrogens with two attached hydrogens (primary N) is 1. The van der Waals surface area contributed by atoms with Crippen LogP contribution in [0.15, 0.2) is 24.3 Å². The third-order valence-corrected chi connectivity index (χ3v) is 3.15. The predicted molar refractivity (Wildman–Crippen MR) is 67.9 cm³/mol. The topological polar surface area (TPSA) is 29.3 Å². The van der Waals surface area contributed by atoms with Crippen molar-refractivity contribution in [1.82, 2.24) is 0 Å². The fourth-order valence-electron chi connectivity index (χ4n) is 1.87. The van der Waals surface area contributed by atoms with Crippen molar-refractivity contribution in [2.24, 2.45) is 5.73 Å². The average molecular weight is 296 g/mol. The van der Waals surface area contributed by atoms with Crippen LogP contribution in [0.2, 0.25) is 0 Å². The molecule has 20 heavy (non-hydrogen) atoms. The number of benzene rings is 1. The van der Waals surface area contributed by atoms with E-state index in [0.29, 0.717) is 13.1 Å². The molecule has 1 aromatic carbocycles. The summed E-state index contributed by atoms with van der Waals surface area (Å²) in [4.78, 5) is 1.94. The van der Waals surface area contributed by atoms with Crippen molar-refractivity contribution in [2.45, 2.75) is 32.0 Å². The fourth-order valence-corrected chi connectivity index (χ4v) is 1.87. The Morgan fingerprint density at radius 1 is 1.00 bits per heavy atom. The quantitative estimate of drug-likeness (QED) is 0.839. The van der Waals surface area contributed by atoms with Crippen LogP contribution in [0.3, 0.4) is 0 Å². The lowest BCUT2D eigenvalue weighted by Gasteiger charge is -2.27. The standard InChI is InChI=1S/C13H17F5N2/c1-3-20(4-2)10-7-5-9(6-8-10)11(19)12(14,15)13(16,17)18/h5-8,11H,3-4,19H2,1-2H3/t11-/m1/s1. The largest absolute Gasteiger partial charge is 0.455 e. The summed E-state index contributed by atoms with van der Waals surface area (Å²) in [6.45, 7) is 5.25. The summed E-state index contributed by atoms with van der Waals surface area (Å²) in [5.41, 5.74) is 5.57. The zero-order valence-electron chi connectivity index (χ0n) is 11.2. The summed E-state index contributed by atoms with van der Waals surface area (Å²) >= 11 is 0. The van der Waals surface area contributed by atoms with Gasteiger partial charge in [0.25, 0.3) is 0 Å². The lowest BCUT2D eigenvalue weighted by Crippen LogP contribution is -2.45. The molecule has 2 N–H and O–H groups in total. The second kappa shape index (κ2) is 5.95. The lowest BCUT2D eigenvalue weighted by atomic mass is 10.0. The molecule has 1 atom stereocenters. The smallest absolute Gasteiger partial charge is 0.372 e. The molecule has 0 saturated heterocycles. The number of nitrogens with zero attached hydrogens (tertiary/aromatic N) is 1. The Balaban J connectivity index is 2.99. The van der Waals surface area contributed by atoms with Crippen LogP contribution < -0.4 is 10.6 Å². The third kappa shape index (κ3) is 3.20. The van der Waals surface area contributed by atoms with Crippen molar-refractivity contribution >= 4 is 5.69 Å². The van der Waals surface area contributed by atoms with Crippen molar-refractivity contribution in [3.05, 3.63) is 29.8 Å². The van der Waals surface area contributed by atoms with Gasteiger partial charge in [-0.05, 0) is 31.5 Å². The first-order valence-corrected chi connectivity index (χ1v) is 6.20. The van der Waals surface area contributed by atoms with Crippen LogP contribution in [0.25, 0.3) is 0 Å². The molecule has 2 nitrogen and oxygen atoms in total. The highest BCUT2D eigenvalue weighted by Crippen LogP contribution is 2.43. The van der Waals surface area contributed by atoms with Crippen molar-refractivity contribution in [3.8, 4) is 0 Å². The Morgan fingerprint density at radius 3 is 1.80 bits per heavy atom. The number of halogens is 5. The Bertz CT molecular complexity index is 423. The van der Waals surface area contributed by atoms with Crippen LogP contribution in [-0.2, 0) is 0 Å². The van der Waals surface area contributed by atoms with E-state index in [0.717, 1.165) is 5.69 Å². The normalized spacial score (nSPS) is 14.2. The monoisotopic (exact) mass is 296 g/mol. The van der Waals surface area contributed by atoms with Gasteiger partial charge >= 0.3 is 12.1 Å². The maximum atomic E-state index is 13.1. The van der Waals surface area contributed by atoms with Gasteiger partial charge in [-0.25, -0.2) is 0 Å². The molecule has 0 saturated carbocycles. The highest BCUT2D eigenvalue weighted by molar-refractivity contribution is 5.48. The molecule has 0 aliphatic heterocycles. The molecule has 0 spiro atoms. The van der Waals surface area contributed by atoms with Gasteiger partial charge < -0.3 is 10.6 Å². The zero-order valence-corrected chi connectivity index (χ0v) is 11.2. The molecular formula is C13H17F5N2. The van der Waals surface area contributed by atoms with Crippen LogP contribution in [0, 0.1) is 0 Å². The summed E-state index contributed by atoms with van der Waals surface area (Å²) in [5, 5.41) is 0. The van der Waals surface area contributed by atoms with Crippen LogP contribution in [0.1, 0.15) is 25.5 Å². The van der Waals surface area contributed by atoms with Gasteiger partial charge in [0, 0.05) is 18.8 Å². The maximum absolute atomic E-state index is 13.1. The molecule has 0 unspecified atom stereocenters. The molecule has 7 heteroatoms. The van der Waals surface area contributed by atoms with E-state index in [1.807, 2.05) is 18.7 Å². The van der Waals surface area contributed by atoms with E-state index in [4.69, 9.17) is 5.73 Å². The van der Waals surface area contributed by atoms with Crippen molar-refractivity contribution in [1.29, 1.82) is 0 Å². The fraction of sp³-hybridized carbons (Fsp3) is 0.538. The molecule has 0 aliphatic rings. The highest BCUT2D eigenvalue weighted by atomic mass is 19.4. The number of rotatable bonds is 5. The van der Waals surface area contributed by atoms with Gasteiger partial charge in [0.1, 0.15) is 6.04 Å². The molecule has 0 fully saturated rings. The molecule has 0 bridgehead atoms. The Hall–Kier alpha value is -1.37. The van der Waals surface area contributed by atoms with Crippen LogP contribution in [0.4, 0.5) is 27.6 Å². The number of anilines is 1. The maximum Gasteiger partial charge on any atom is 0.455 e. The molecule has 0 aliphatic carbocycles. The van der Waals surface area contributed by atoms with Crippen LogP contribution >= 0.6 is 0 Å². The van der Waals surface area contributed by atoms with Gasteiger partial charge in [-0.1, -0.05) is 12.1 Å². The van der Waals surface area contributed by atoms with Gasteiger partial charge in [-0.3, -0.25) is 0 Å². The van der Waals surface area contributed by atoms with Crippen molar-refractivity contribution < 1.29 is 22.0 Å². The summed E-state index contributed by atoms with van der Waals surface area (Å²) in [6, 6.07) is 2.99. The molecule has 0 aromatic heterocycles. The van der Waals surface area contributed by atoms with Crippen molar-refractivity contribution in [2.75, 3.05) is 18.0 Å². The Morgan fingerprint density at radius 2 is 1.45 bits per heavy atom. The molecule has 0 radical (unpaired) electrons. The lowest BCUT2D eigenvalue weighted by molar-refractivity contribution is -0.291. The first-order valence-electron chi connectivity index (χ1n) is 6.20. The third-order valence-electron chi connectivity index (χ3n) is 3.15. The molecule has 1 rings (SSSR count). The van der Waals surface area contributed by atoms with Crippen LogP contribution in [-0.4, -0.2) is 25.2 Å². The zero-order chi connectivity index (χ0) is 15.6. The molecular weight excluding hydrogens is 279 g/mol. The van der Waals surface area contributed by atoms with Gasteiger partial charge in [0.2, 0.25) is 0 Å². The minimum absolute atomic E-state index is 0.247. The van der Waals surface area contributed by atoms with Gasteiger partial charge in [-0.15, -0.1) is 0 Å². The molecule has 1 aromatic rings.